The minimum absolute atomic E-state index is 0. The van der Waals surface area contributed by atoms with Crippen LogP contribution in [-0.4, -0.2) is 35.0 Å². The first-order valence-corrected chi connectivity index (χ1v) is 8.67. The van der Waals surface area contributed by atoms with E-state index < -0.39 is 17.4 Å². The summed E-state index contributed by atoms with van der Waals surface area (Å²) in [7, 11) is 1.34. The van der Waals surface area contributed by atoms with Gasteiger partial charge >= 0.3 is 58.0 Å². The number of pyridine rings is 1. The van der Waals surface area contributed by atoms with Crippen molar-refractivity contribution in [2.45, 2.75) is 17.5 Å². The van der Waals surface area contributed by atoms with E-state index in [0.29, 0.717) is 28.2 Å². The standard InChI is InChI=1S/C16H14F2N3O4S.K/c1-23-13-5-6-19-12(14(13)24-2)8-26(22)16-20-10-4-3-9(25-15(17)18)7-11(10)21-16;/h3-7,15H,8H2,1-2H3;/q-1;+1. The van der Waals surface area contributed by atoms with Gasteiger partial charge in [0.25, 0.3) is 0 Å². The van der Waals surface area contributed by atoms with Crippen molar-refractivity contribution in [2.24, 2.45) is 0 Å². The van der Waals surface area contributed by atoms with Crippen LogP contribution < -0.4 is 70.6 Å². The van der Waals surface area contributed by atoms with Crippen LogP contribution in [0.1, 0.15) is 5.69 Å². The third kappa shape index (κ3) is 5.24. The van der Waals surface area contributed by atoms with E-state index in [4.69, 9.17) is 9.47 Å². The van der Waals surface area contributed by atoms with E-state index in [-0.39, 0.29) is 68.0 Å². The molecule has 138 valence electrons. The van der Waals surface area contributed by atoms with Gasteiger partial charge in [-0.15, -0.1) is 0 Å². The van der Waals surface area contributed by atoms with E-state index in [9.17, 15) is 13.0 Å². The Morgan fingerprint density at radius 1 is 1.22 bits per heavy atom. The molecule has 2 heterocycles. The first kappa shape index (κ1) is 22.2. The fourth-order valence-electron chi connectivity index (χ4n) is 2.34. The number of fused-ring (bicyclic) bond motifs is 1. The predicted molar refractivity (Wildman–Crippen MR) is 89.1 cm³/mol. The fourth-order valence-corrected chi connectivity index (χ4v) is 3.32. The quantitative estimate of drug-likeness (QED) is 0.477. The summed E-state index contributed by atoms with van der Waals surface area (Å²) in [5.74, 6) is 0.821. The van der Waals surface area contributed by atoms with Crippen LogP contribution in [0.3, 0.4) is 0 Å². The number of methoxy groups -OCH3 is 2. The maximum Gasteiger partial charge on any atom is 1.00 e. The van der Waals surface area contributed by atoms with Crippen LogP contribution in [0.5, 0.6) is 17.2 Å². The fraction of sp³-hybridized carbons (Fsp3) is 0.250. The second-order valence-electron chi connectivity index (χ2n) is 5.02. The molecule has 0 N–H and O–H groups in total. The normalized spacial score (nSPS) is 11.9. The number of ether oxygens (including phenoxy) is 3. The van der Waals surface area contributed by atoms with Crippen molar-refractivity contribution in [1.29, 1.82) is 0 Å². The van der Waals surface area contributed by atoms with Crippen LogP contribution in [0, 0.1) is 0 Å². The minimum Gasteiger partial charge on any atom is -0.493 e. The molecule has 1 atom stereocenters. The van der Waals surface area contributed by atoms with Crippen LogP contribution in [0.4, 0.5) is 8.78 Å². The third-order valence-corrected chi connectivity index (χ3v) is 4.57. The van der Waals surface area contributed by atoms with Crippen LogP contribution in [0.2, 0.25) is 0 Å². The third-order valence-electron chi connectivity index (χ3n) is 3.44. The SMILES string of the molecule is COc1ccnc(CS(=O)c2nc3cc(OC(F)F)ccc3[n-]2)c1OC.[K+]. The van der Waals surface area contributed by atoms with Crippen molar-refractivity contribution >= 4 is 21.8 Å². The van der Waals surface area contributed by atoms with E-state index in [1.165, 1.54) is 38.6 Å². The molecule has 0 spiro atoms. The molecule has 0 fully saturated rings. The molecule has 0 aliphatic rings. The summed E-state index contributed by atoms with van der Waals surface area (Å²) >= 11 is 0. The summed E-state index contributed by atoms with van der Waals surface area (Å²) in [6.07, 6.45) is 1.52. The van der Waals surface area contributed by atoms with Crippen LogP contribution in [0.15, 0.2) is 35.6 Å². The second-order valence-corrected chi connectivity index (χ2v) is 6.36. The van der Waals surface area contributed by atoms with E-state index in [1.54, 1.807) is 6.07 Å². The molecule has 2 aromatic heterocycles. The van der Waals surface area contributed by atoms with E-state index in [2.05, 4.69) is 19.7 Å². The minimum atomic E-state index is -2.93. The molecule has 7 nitrogen and oxygen atoms in total. The molecule has 3 aromatic rings. The Labute approximate surface area is 198 Å². The number of nitrogens with zero attached hydrogens (tertiary/aromatic N) is 3. The Kier molecular flexibility index (Phi) is 8.13. The second kappa shape index (κ2) is 9.89. The van der Waals surface area contributed by atoms with Gasteiger partial charge in [-0.1, -0.05) is 6.07 Å². The van der Waals surface area contributed by atoms with Gasteiger partial charge in [0.2, 0.25) is 0 Å². The van der Waals surface area contributed by atoms with Crippen LogP contribution in [0.25, 0.3) is 11.0 Å². The summed E-state index contributed by atoms with van der Waals surface area (Å²) in [5.41, 5.74) is 1.18. The molecule has 0 aliphatic heterocycles. The number of hydrogen-bond donors (Lipinski definition) is 0. The summed E-state index contributed by atoms with van der Waals surface area (Å²) in [6, 6.07) is 5.77. The molecule has 3 rings (SSSR count). The van der Waals surface area contributed by atoms with Gasteiger partial charge in [0.05, 0.1) is 36.5 Å². The Morgan fingerprint density at radius 3 is 2.67 bits per heavy atom. The molecule has 0 amide bonds. The van der Waals surface area contributed by atoms with Crippen LogP contribution >= 0.6 is 0 Å². The van der Waals surface area contributed by atoms with Gasteiger partial charge in [-0.05, 0) is 23.2 Å². The molecule has 1 unspecified atom stereocenters. The first-order valence-electron chi connectivity index (χ1n) is 7.35. The van der Waals surface area contributed by atoms with Crippen molar-refractivity contribution in [2.75, 3.05) is 14.2 Å². The number of benzene rings is 1. The first-order chi connectivity index (χ1) is 12.5. The number of halogens is 2. The topological polar surface area (TPSA) is 84.6 Å². The molecule has 0 aliphatic carbocycles. The Bertz CT molecular complexity index is 955. The molecule has 11 heteroatoms. The molecule has 0 radical (unpaired) electrons. The number of alkyl halides is 2. The van der Waals surface area contributed by atoms with Gasteiger partial charge in [0.1, 0.15) is 5.75 Å². The summed E-state index contributed by atoms with van der Waals surface area (Å²) in [4.78, 5) is 12.5. The number of imidazole rings is 1. The molecule has 0 bridgehead atoms. The molecule has 0 saturated heterocycles. The van der Waals surface area contributed by atoms with Crippen LogP contribution in [-0.2, 0) is 16.6 Å². The molecule has 27 heavy (non-hydrogen) atoms. The monoisotopic (exact) mass is 421 g/mol. The van der Waals surface area contributed by atoms with Gasteiger partial charge in [-0.2, -0.15) is 8.78 Å². The van der Waals surface area contributed by atoms with Gasteiger partial charge < -0.3 is 24.2 Å². The number of aromatic nitrogens is 3. The Hall–Kier alpha value is -1.11. The number of rotatable bonds is 7. The molecular formula is C16H14F2KN3O4S. The van der Waals surface area contributed by atoms with E-state index in [1.807, 2.05) is 0 Å². The largest absolute Gasteiger partial charge is 1.00 e. The molecule has 1 aromatic carbocycles. The van der Waals surface area contributed by atoms with Crippen molar-refractivity contribution in [3.63, 3.8) is 0 Å². The van der Waals surface area contributed by atoms with Crippen molar-refractivity contribution in [3.05, 3.63) is 36.2 Å². The maximum atomic E-state index is 12.6. The van der Waals surface area contributed by atoms with E-state index >= 15 is 0 Å². The van der Waals surface area contributed by atoms with Gasteiger partial charge in [0.15, 0.2) is 11.5 Å². The maximum absolute atomic E-state index is 12.6. The summed E-state index contributed by atoms with van der Waals surface area (Å²) in [5, 5.41) is 0.0702. The van der Waals surface area contributed by atoms with Crippen molar-refractivity contribution in [3.8, 4) is 17.2 Å². The predicted octanol–water partition coefficient (Wildman–Crippen LogP) is -0.483. The zero-order valence-corrected chi connectivity index (χ0v) is 18.7. The Morgan fingerprint density at radius 2 is 2.00 bits per heavy atom. The van der Waals surface area contributed by atoms with Gasteiger partial charge in [-0.25, -0.2) is 0 Å². The zero-order chi connectivity index (χ0) is 18.7. The van der Waals surface area contributed by atoms with Gasteiger partial charge in [0, 0.05) is 17.4 Å². The molecule has 0 saturated carbocycles. The average Bonchev–Trinajstić information content (AvgIpc) is 3.04. The summed E-state index contributed by atoms with van der Waals surface area (Å²) < 4.78 is 52.0. The smallest absolute Gasteiger partial charge is 0.493 e. The zero-order valence-electron chi connectivity index (χ0n) is 14.8. The van der Waals surface area contributed by atoms with Crippen molar-refractivity contribution in [1.82, 2.24) is 15.0 Å². The average molecular weight is 421 g/mol. The Balaban J connectivity index is 0.00000261. The van der Waals surface area contributed by atoms with E-state index in [0.717, 1.165) is 0 Å². The van der Waals surface area contributed by atoms with Gasteiger partial charge in [-0.3, -0.25) is 9.19 Å². The van der Waals surface area contributed by atoms with Crippen molar-refractivity contribution < 1.29 is 78.6 Å². The number of hydrogen-bond acceptors (Lipinski definition) is 6. The molecular weight excluding hydrogens is 407 g/mol. The summed E-state index contributed by atoms with van der Waals surface area (Å²) in [6.45, 7) is -2.93.